The number of nitrogens with one attached hydrogen (secondary N) is 1. The van der Waals surface area contributed by atoms with Crippen LogP contribution in [0.5, 0.6) is 0 Å². The van der Waals surface area contributed by atoms with Crippen LogP contribution in [0.4, 0.5) is 0 Å². The summed E-state index contributed by atoms with van der Waals surface area (Å²) in [5.74, 6) is -0.0461. The van der Waals surface area contributed by atoms with Crippen LogP contribution >= 0.6 is 11.6 Å². The van der Waals surface area contributed by atoms with Gasteiger partial charge < -0.3 is 5.73 Å². The Morgan fingerprint density at radius 1 is 1.31 bits per heavy atom. The molecule has 0 aliphatic carbocycles. The Balaban J connectivity index is 2.45. The number of benzene rings is 1. The molecule has 1 aromatic carbocycles. The lowest BCUT2D eigenvalue weighted by Crippen LogP contribution is -2.31. The van der Waals surface area contributed by atoms with Crippen molar-refractivity contribution < 1.29 is 8.42 Å². The largest absolute Gasteiger partial charge is 0.329 e. The third-order valence-electron chi connectivity index (χ3n) is 2.06. The fraction of sp³-hybridized carbons (Fsp3) is 0.400. The highest BCUT2D eigenvalue weighted by Gasteiger charge is 2.08. The van der Waals surface area contributed by atoms with Crippen molar-refractivity contribution in [2.24, 2.45) is 5.73 Å². The van der Waals surface area contributed by atoms with E-state index in [9.17, 15) is 8.42 Å². The number of nitrogens with two attached hydrogens (primary N) is 1. The van der Waals surface area contributed by atoms with Crippen molar-refractivity contribution >= 4 is 21.6 Å². The van der Waals surface area contributed by atoms with Gasteiger partial charge in [-0.05, 0) is 18.1 Å². The molecule has 1 aromatic rings. The highest BCUT2D eigenvalue weighted by Crippen LogP contribution is 2.14. The zero-order chi connectivity index (χ0) is 12.0. The second-order valence-corrected chi connectivity index (χ2v) is 5.68. The first-order valence-electron chi connectivity index (χ1n) is 4.96. The maximum atomic E-state index is 11.3. The van der Waals surface area contributed by atoms with Crippen molar-refractivity contribution in [2.45, 2.75) is 6.42 Å². The minimum Gasteiger partial charge on any atom is -0.329 e. The van der Waals surface area contributed by atoms with Crippen LogP contribution < -0.4 is 10.5 Å². The van der Waals surface area contributed by atoms with Gasteiger partial charge in [0.1, 0.15) is 0 Å². The Morgan fingerprint density at radius 2 is 2.00 bits per heavy atom. The maximum absolute atomic E-state index is 11.3. The minimum atomic E-state index is -3.23. The van der Waals surface area contributed by atoms with E-state index in [1.807, 2.05) is 18.2 Å². The fourth-order valence-electron chi connectivity index (χ4n) is 1.27. The number of hydrogen-bond donors (Lipinski definition) is 2. The minimum absolute atomic E-state index is 0.0461. The molecule has 0 saturated carbocycles. The van der Waals surface area contributed by atoms with Gasteiger partial charge in [0, 0.05) is 18.1 Å². The monoisotopic (exact) mass is 262 g/mol. The Hall–Kier alpha value is -0.620. The summed E-state index contributed by atoms with van der Waals surface area (Å²) in [6.45, 7) is 0.466. The molecule has 6 heteroatoms. The number of rotatable bonds is 6. The Bertz CT molecular complexity index is 434. The third-order valence-corrected chi connectivity index (χ3v) is 3.85. The SMILES string of the molecule is NCCS(=O)(=O)NCCc1ccccc1Cl. The lowest BCUT2D eigenvalue weighted by atomic mass is 10.1. The summed E-state index contributed by atoms with van der Waals surface area (Å²) >= 11 is 5.94. The molecule has 0 aliphatic heterocycles. The van der Waals surface area contributed by atoms with Crippen molar-refractivity contribution in [3.63, 3.8) is 0 Å². The summed E-state index contributed by atoms with van der Waals surface area (Å²) < 4.78 is 25.0. The first kappa shape index (κ1) is 13.4. The quantitative estimate of drug-likeness (QED) is 0.795. The molecule has 0 heterocycles. The molecule has 0 fully saturated rings. The first-order chi connectivity index (χ1) is 7.55. The molecule has 0 aliphatic rings. The molecule has 4 nitrogen and oxygen atoms in total. The van der Waals surface area contributed by atoms with Crippen molar-refractivity contribution in [2.75, 3.05) is 18.8 Å². The number of hydrogen-bond acceptors (Lipinski definition) is 3. The van der Waals surface area contributed by atoms with E-state index in [0.717, 1.165) is 5.56 Å². The predicted molar refractivity (Wildman–Crippen MR) is 66.0 cm³/mol. The van der Waals surface area contributed by atoms with Crippen LogP contribution in [0.15, 0.2) is 24.3 Å². The second kappa shape index (κ2) is 6.20. The van der Waals surface area contributed by atoms with E-state index in [1.54, 1.807) is 6.07 Å². The predicted octanol–water partition coefficient (Wildman–Crippen LogP) is 0.761. The van der Waals surface area contributed by atoms with Crippen LogP contribution in [0.1, 0.15) is 5.56 Å². The fourth-order valence-corrected chi connectivity index (χ4v) is 2.37. The Labute approximate surface area is 101 Å². The van der Waals surface area contributed by atoms with Crippen LogP contribution in [0, 0.1) is 0 Å². The van der Waals surface area contributed by atoms with Gasteiger partial charge in [-0.15, -0.1) is 0 Å². The van der Waals surface area contributed by atoms with E-state index in [0.29, 0.717) is 18.0 Å². The van der Waals surface area contributed by atoms with Crippen LogP contribution in [-0.2, 0) is 16.4 Å². The van der Waals surface area contributed by atoms with E-state index < -0.39 is 10.0 Å². The van der Waals surface area contributed by atoms with E-state index in [2.05, 4.69) is 4.72 Å². The van der Waals surface area contributed by atoms with Gasteiger partial charge in [0.15, 0.2) is 0 Å². The second-order valence-electron chi connectivity index (χ2n) is 3.34. The molecule has 0 aromatic heterocycles. The van der Waals surface area contributed by atoms with Crippen LogP contribution in [0.2, 0.25) is 5.02 Å². The van der Waals surface area contributed by atoms with Gasteiger partial charge in [-0.1, -0.05) is 29.8 Å². The number of sulfonamides is 1. The summed E-state index contributed by atoms with van der Waals surface area (Å²) in [5.41, 5.74) is 6.11. The Kier molecular flexibility index (Phi) is 5.21. The molecule has 0 radical (unpaired) electrons. The van der Waals surface area contributed by atoms with Crippen molar-refractivity contribution in [3.8, 4) is 0 Å². The number of halogens is 1. The maximum Gasteiger partial charge on any atom is 0.212 e. The molecule has 1 rings (SSSR count). The summed E-state index contributed by atoms with van der Waals surface area (Å²) in [5, 5.41) is 0.653. The topological polar surface area (TPSA) is 72.2 Å². The van der Waals surface area contributed by atoms with Crippen LogP contribution in [0.25, 0.3) is 0 Å². The van der Waals surface area contributed by atoms with Crippen molar-refractivity contribution in [1.82, 2.24) is 4.72 Å². The molecule has 0 amide bonds. The smallest absolute Gasteiger partial charge is 0.212 e. The molecule has 3 N–H and O–H groups in total. The van der Waals surface area contributed by atoms with E-state index >= 15 is 0 Å². The van der Waals surface area contributed by atoms with Gasteiger partial charge in [0.05, 0.1) is 5.75 Å². The molecule has 0 saturated heterocycles. The average molecular weight is 263 g/mol. The molecular weight excluding hydrogens is 248 g/mol. The van der Waals surface area contributed by atoms with E-state index in [-0.39, 0.29) is 12.3 Å². The summed E-state index contributed by atoms with van der Waals surface area (Å²) in [6, 6.07) is 7.37. The van der Waals surface area contributed by atoms with Crippen LogP contribution in [0.3, 0.4) is 0 Å². The summed E-state index contributed by atoms with van der Waals surface area (Å²) in [7, 11) is -3.23. The molecule has 90 valence electrons. The van der Waals surface area contributed by atoms with Gasteiger partial charge >= 0.3 is 0 Å². The van der Waals surface area contributed by atoms with Crippen molar-refractivity contribution in [1.29, 1.82) is 0 Å². The van der Waals surface area contributed by atoms with Crippen molar-refractivity contribution in [3.05, 3.63) is 34.9 Å². The van der Waals surface area contributed by atoms with E-state index in [1.165, 1.54) is 0 Å². The molecule has 0 unspecified atom stereocenters. The first-order valence-corrected chi connectivity index (χ1v) is 6.99. The van der Waals surface area contributed by atoms with Gasteiger partial charge in [-0.25, -0.2) is 13.1 Å². The zero-order valence-corrected chi connectivity index (χ0v) is 10.4. The molecule has 16 heavy (non-hydrogen) atoms. The van der Waals surface area contributed by atoms with Gasteiger partial charge in [0.25, 0.3) is 0 Å². The molecule has 0 spiro atoms. The average Bonchev–Trinajstić information content (AvgIpc) is 2.20. The standard InChI is InChI=1S/C10H15ClN2O2S/c11-10-4-2-1-3-9(10)5-7-13-16(14,15)8-6-12/h1-4,13H,5-8,12H2. The summed E-state index contributed by atoms with van der Waals surface area (Å²) in [4.78, 5) is 0. The zero-order valence-electron chi connectivity index (χ0n) is 8.82. The van der Waals surface area contributed by atoms with Crippen LogP contribution in [-0.4, -0.2) is 27.3 Å². The molecular formula is C10H15ClN2O2S. The lowest BCUT2D eigenvalue weighted by Gasteiger charge is -2.06. The van der Waals surface area contributed by atoms with Gasteiger partial charge in [-0.2, -0.15) is 0 Å². The molecule has 0 atom stereocenters. The normalized spacial score (nSPS) is 11.6. The summed E-state index contributed by atoms with van der Waals surface area (Å²) in [6.07, 6.45) is 0.573. The van der Waals surface area contributed by atoms with Gasteiger partial charge in [-0.3, -0.25) is 0 Å². The van der Waals surface area contributed by atoms with E-state index in [4.69, 9.17) is 17.3 Å². The lowest BCUT2D eigenvalue weighted by molar-refractivity contribution is 0.581. The van der Waals surface area contributed by atoms with Gasteiger partial charge in [0.2, 0.25) is 10.0 Å². The highest BCUT2D eigenvalue weighted by molar-refractivity contribution is 7.89. The molecule has 0 bridgehead atoms. The third kappa shape index (κ3) is 4.49. The Morgan fingerprint density at radius 3 is 2.62 bits per heavy atom. The highest BCUT2D eigenvalue weighted by atomic mass is 35.5.